The second kappa shape index (κ2) is 51.7. The molecule has 0 aliphatic carbocycles. The molecule has 6 nitrogen and oxygen atoms in total. The second-order valence-corrected chi connectivity index (χ2v) is 17.7. The lowest BCUT2D eigenvalue weighted by molar-refractivity contribution is -0.167. The number of carbonyl (C=O) groups is 3. The quantitative estimate of drug-likeness (QED) is 0.0262. The molecule has 0 spiro atoms. The van der Waals surface area contributed by atoms with Crippen molar-refractivity contribution >= 4 is 17.9 Å². The van der Waals surface area contributed by atoms with Gasteiger partial charge in [0.25, 0.3) is 0 Å². The van der Waals surface area contributed by atoms with E-state index in [-0.39, 0.29) is 31.1 Å². The zero-order valence-corrected chi connectivity index (χ0v) is 41.6. The number of rotatable bonds is 48. The van der Waals surface area contributed by atoms with Crippen molar-refractivity contribution in [3.05, 3.63) is 60.8 Å². The van der Waals surface area contributed by atoms with E-state index in [2.05, 4.69) is 81.5 Å². The number of allylic oxidation sites excluding steroid dienone is 10. The van der Waals surface area contributed by atoms with E-state index >= 15 is 0 Å². The van der Waals surface area contributed by atoms with Gasteiger partial charge in [-0.3, -0.25) is 14.4 Å². The maximum absolute atomic E-state index is 12.8. The fourth-order valence-corrected chi connectivity index (χ4v) is 7.45. The van der Waals surface area contributed by atoms with E-state index in [9.17, 15) is 14.4 Å². The molecule has 0 bridgehead atoms. The van der Waals surface area contributed by atoms with Crippen LogP contribution in [0.4, 0.5) is 0 Å². The molecule has 0 amide bonds. The van der Waals surface area contributed by atoms with Crippen molar-refractivity contribution in [2.75, 3.05) is 13.2 Å². The van der Waals surface area contributed by atoms with Crippen LogP contribution in [0, 0.1) is 0 Å². The highest BCUT2D eigenvalue weighted by atomic mass is 16.6. The third kappa shape index (κ3) is 50.0. The standard InChI is InChI=1S/C57H100O6/c1-4-7-10-13-16-19-22-25-27-28-30-32-35-38-41-44-47-50-56(59)62-53-54(52-61-55(58)49-46-43-40-37-34-31-24-21-18-15-12-9-6-3)63-57(60)51-48-45-42-39-36-33-29-26-23-20-17-14-11-8-5-2/h7,10,16,19,21,24-27,29,54H,4-6,8-9,11-15,17-18,20,22-23,28,30-53H2,1-3H3/b10-7-,19-16-,24-21-,27-25-,29-26-. The van der Waals surface area contributed by atoms with Crippen LogP contribution in [0.5, 0.6) is 0 Å². The highest BCUT2D eigenvalue weighted by Gasteiger charge is 2.19. The Morgan fingerprint density at radius 2 is 0.619 bits per heavy atom. The lowest BCUT2D eigenvalue weighted by Gasteiger charge is -2.18. The van der Waals surface area contributed by atoms with E-state index in [1.165, 1.54) is 122 Å². The summed E-state index contributed by atoms with van der Waals surface area (Å²) >= 11 is 0. The molecule has 1 atom stereocenters. The van der Waals surface area contributed by atoms with Crippen molar-refractivity contribution in [3.8, 4) is 0 Å². The van der Waals surface area contributed by atoms with E-state index in [1.54, 1.807) is 0 Å². The maximum atomic E-state index is 12.8. The summed E-state index contributed by atoms with van der Waals surface area (Å²) in [5.41, 5.74) is 0. The van der Waals surface area contributed by atoms with Crippen molar-refractivity contribution in [2.24, 2.45) is 0 Å². The van der Waals surface area contributed by atoms with Crippen LogP contribution in [0.2, 0.25) is 0 Å². The van der Waals surface area contributed by atoms with Gasteiger partial charge in [0, 0.05) is 19.3 Å². The monoisotopic (exact) mass is 881 g/mol. The summed E-state index contributed by atoms with van der Waals surface area (Å²) in [6, 6.07) is 0. The average molecular weight is 881 g/mol. The van der Waals surface area contributed by atoms with Crippen molar-refractivity contribution in [1.29, 1.82) is 0 Å². The molecular weight excluding hydrogens is 781 g/mol. The average Bonchev–Trinajstić information content (AvgIpc) is 3.28. The van der Waals surface area contributed by atoms with Crippen molar-refractivity contribution in [3.63, 3.8) is 0 Å². The minimum absolute atomic E-state index is 0.0845. The van der Waals surface area contributed by atoms with Gasteiger partial charge in [-0.05, 0) is 103 Å². The lowest BCUT2D eigenvalue weighted by atomic mass is 10.1. The Hall–Kier alpha value is -2.89. The van der Waals surface area contributed by atoms with Gasteiger partial charge in [0.05, 0.1) is 0 Å². The van der Waals surface area contributed by atoms with Crippen molar-refractivity contribution < 1.29 is 28.6 Å². The number of hydrogen-bond donors (Lipinski definition) is 0. The summed E-state index contributed by atoms with van der Waals surface area (Å²) < 4.78 is 16.8. The molecule has 0 aliphatic rings. The Morgan fingerprint density at radius 1 is 0.333 bits per heavy atom. The smallest absolute Gasteiger partial charge is 0.306 e. The van der Waals surface area contributed by atoms with Crippen LogP contribution in [-0.2, 0) is 28.6 Å². The molecule has 0 saturated heterocycles. The minimum Gasteiger partial charge on any atom is -0.462 e. The zero-order valence-electron chi connectivity index (χ0n) is 41.6. The molecule has 0 aromatic rings. The summed E-state index contributed by atoms with van der Waals surface area (Å²) in [5.74, 6) is -0.905. The number of hydrogen-bond acceptors (Lipinski definition) is 6. The molecule has 0 rings (SSSR count). The van der Waals surface area contributed by atoms with E-state index in [1.807, 2.05) is 0 Å². The van der Waals surface area contributed by atoms with Gasteiger partial charge < -0.3 is 14.2 Å². The molecule has 0 radical (unpaired) electrons. The highest BCUT2D eigenvalue weighted by Crippen LogP contribution is 2.14. The molecular formula is C57H100O6. The lowest BCUT2D eigenvalue weighted by Crippen LogP contribution is -2.30. The maximum Gasteiger partial charge on any atom is 0.306 e. The SMILES string of the molecule is CC/C=C\C/C=C\C/C=C\CCCCCCCCCC(=O)OCC(COC(=O)CCCCCCC/C=C\CCCCCC)OC(=O)CCCCCCC/C=C\CCCCCCCC. The van der Waals surface area contributed by atoms with Crippen LogP contribution in [0.1, 0.15) is 265 Å². The molecule has 0 saturated carbocycles. The third-order valence-electron chi connectivity index (χ3n) is 11.5. The summed E-state index contributed by atoms with van der Waals surface area (Å²) in [6.45, 7) is 6.50. The molecule has 6 heteroatoms. The molecule has 0 heterocycles. The predicted molar refractivity (Wildman–Crippen MR) is 270 cm³/mol. The van der Waals surface area contributed by atoms with Gasteiger partial charge in [0.1, 0.15) is 13.2 Å². The Labute approximate surface area is 390 Å². The van der Waals surface area contributed by atoms with Gasteiger partial charge in [-0.1, -0.05) is 204 Å². The zero-order chi connectivity index (χ0) is 45.8. The fraction of sp³-hybridized carbons (Fsp3) is 0.772. The molecule has 63 heavy (non-hydrogen) atoms. The number of esters is 3. The highest BCUT2D eigenvalue weighted by molar-refractivity contribution is 5.71. The van der Waals surface area contributed by atoms with E-state index in [0.29, 0.717) is 19.3 Å². The molecule has 1 unspecified atom stereocenters. The van der Waals surface area contributed by atoms with Gasteiger partial charge in [0.2, 0.25) is 0 Å². The van der Waals surface area contributed by atoms with E-state index < -0.39 is 6.10 Å². The first-order valence-electron chi connectivity index (χ1n) is 26.8. The molecule has 0 aromatic heterocycles. The van der Waals surface area contributed by atoms with Crippen LogP contribution in [-0.4, -0.2) is 37.2 Å². The second-order valence-electron chi connectivity index (χ2n) is 17.7. The van der Waals surface area contributed by atoms with Gasteiger partial charge >= 0.3 is 17.9 Å². The van der Waals surface area contributed by atoms with Crippen LogP contribution < -0.4 is 0 Å². The van der Waals surface area contributed by atoms with E-state index in [0.717, 1.165) is 103 Å². The summed E-state index contributed by atoms with van der Waals surface area (Å²) in [7, 11) is 0. The number of carbonyl (C=O) groups excluding carboxylic acids is 3. The molecule has 0 aliphatic heterocycles. The number of unbranched alkanes of at least 4 members (excludes halogenated alkanes) is 27. The van der Waals surface area contributed by atoms with Gasteiger partial charge in [-0.25, -0.2) is 0 Å². The van der Waals surface area contributed by atoms with Gasteiger partial charge in [-0.2, -0.15) is 0 Å². The Balaban J connectivity index is 4.40. The first kappa shape index (κ1) is 60.1. The van der Waals surface area contributed by atoms with Crippen molar-refractivity contribution in [2.45, 2.75) is 271 Å². The van der Waals surface area contributed by atoms with Crippen LogP contribution >= 0.6 is 0 Å². The third-order valence-corrected chi connectivity index (χ3v) is 11.5. The summed E-state index contributed by atoms with van der Waals surface area (Å²) in [6.07, 6.45) is 63.4. The van der Waals surface area contributed by atoms with Crippen molar-refractivity contribution in [1.82, 2.24) is 0 Å². The van der Waals surface area contributed by atoms with Crippen LogP contribution in [0.15, 0.2) is 60.8 Å². The Kier molecular flexibility index (Phi) is 49.4. The Bertz CT molecular complexity index is 1150. The fourth-order valence-electron chi connectivity index (χ4n) is 7.45. The summed E-state index contributed by atoms with van der Waals surface area (Å²) in [5, 5.41) is 0. The molecule has 364 valence electrons. The molecule has 0 aromatic carbocycles. The van der Waals surface area contributed by atoms with Crippen LogP contribution in [0.3, 0.4) is 0 Å². The predicted octanol–water partition coefficient (Wildman–Crippen LogP) is 17.6. The molecule has 0 fully saturated rings. The topological polar surface area (TPSA) is 78.9 Å². The van der Waals surface area contributed by atoms with Gasteiger partial charge in [-0.15, -0.1) is 0 Å². The van der Waals surface area contributed by atoms with E-state index in [4.69, 9.17) is 14.2 Å². The Morgan fingerprint density at radius 3 is 1.00 bits per heavy atom. The first-order valence-corrected chi connectivity index (χ1v) is 26.8. The van der Waals surface area contributed by atoms with Gasteiger partial charge in [0.15, 0.2) is 6.10 Å². The summed E-state index contributed by atoms with van der Waals surface area (Å²) in [4.78, 5) is 38.0. The minimum atomic E-state index is -0.785. The largest absolute Gasteiger partial charge is 0.462 e. The van der Waals surface area contributed by atoms with Crippen LogP contribution in [0.25, 0.3) is 0 Å². The number of ether oxygens (including phenoxy) is 3. The molecule has 0 N–H and O–H groups in total. The first-order chi connectivity index (χ1) is 31.0. The normalized spacial score (nSPS) is 12.5.